The Labute approximate surface area is 158 Å². The van der Waals surface area contributed by atoms with Crippen molar-refractivity contribution >= 4 is 46.6 Å². The van der Waals surface area contributed by atoms with Gasteiger partial charge in [0.2, 0.25) is 5.91 Å². The topological polar surface area (TPSA) is 67.8 Å². The van der Waals surface area contributed by atoms with Gasteiger partial charge in [0, 0.05) is 18.0 Å². The van der Waals surface area contributed by atoms with Crippen LogP contribution in [0.15, 0.2) is 59.9 Å². The Bertz CT molecular complexity index is 876. The number of pyridine rings is 1. The van der Waals surface area contributed by atoms with Crippen molar-refractivity contribution < 1.29 is 4.79 Å². The van der Waals surface area contributed by atoms with Crippen LogP contribution in [0.25, 0.3) is 11.3 Å². The van der Waals surface area contributed by atoms with Crippen LogP contribution in [0.2, 0.25) is 10.0 Å². The van der Waals surface area contributed by atoms with E-state index in [0.29, 0.717) is 20.8 Å². The number of nitrogens with zero attached hydrogens (tertiary/aromatic N) is 3. The maximum atomic E-state index is 12.0. The van der Waals surface area contributed by atoms with E-state index in [2.05, 4.69) is 20.5 Å². The molecule has 0 radical (unpaired) electrons. The zero-order valence-electron chi connectivity index (χ0n) is 12.8. The first-order valence-corrected chi connectivity index (χ1v) is 8.98. The van der Waals surface area contributed by atoms with Crippen LogP contribution in [0.5, 0.6) is 0 Å². The molecule has 2 aromatic heterocycles. The molecule has 0 aliphatic carbocycles. The van der Waals surface area contributed by atoms with E-state index in [1.54, 1.807) is 30.6 Å². The molecule has 0 aliphatic heterocycles. The van der Waals surface area contributed by atoms with Gasteiger partial charge < -0.3 is 5.32 Å². The zero-order valence-corrected chi connectivity index (χ0v) is 15.1. The normalized spacial score (nSPS) is 10.5. The van der Waals surface area contributed by atoms with Crippen LogP contribution in [-0.2, 0) is 4.79 Å². The molecule has 1 amide bonds. The average Bonchev–Trinajstić information content (AvgIpc) is 2.65. The standard InChI is InChI=1S/C17H12Cl2N4OS/c18-12-2-1-3-14(17(12)19)21-15(24)10-25-16-5-4-13(22-23-16)11-6-8-20-9-7-11/h1-9H,10H2,(H,21,24). The van der Waals surface area contributed by atoms with E-state index >= 15 is 0 Å². The number of thioether (sulfide) groups is 1. The molecule has 1 aromatic carbocycles. The maximum absolute atomic E-state index is 12.0. The lowest BCUT2D eigenvalue weighted by Crippen LogP contribution is -2.14. The molecular weight excluding hydrogens is 379 g/mol. The van der Waals surface area contributed by atoms with Gasteiger partial charge in [0.05, 0.1) is 27.2 Å². The number of halogens is 2. The van der Waals surface area contributed by atoms with Crippen molar-refractivity contribution in [2.75, 3.05) is 11.1 Å². The van der Waals surface area contributed by atoms with Crippen LogP contribution in [0.1, 0.15) is 0 Å². The summed E-state index contributed by atoms with van der Waals surface area (Å²) in [7, 11) is 0. The summed E-state index contributed by atoms with van der Waals surface area (Å²) in [6.45, 7) is 0. The predicted octanol–water partition coefficient (Wildman–Crippen LogP) is 4.58. The lowest BCUT2D eigenvalue weighted by molar-refractivity contribution is -0.113. The van der Waals surface area contributed by atoms with E-state index in [1.165, 1.54) is 11.8 Å². The molecule has 2 heterocycles. The highest BCUT2D eigenvalue weighted by atomic mass is 35.5. The summed E-state index contributed by atoms with van der Waals surface area (Å²) >= 11 is 13.3. The number of rotatable bonds is 5. The molecule has 8 heteroatoms. The second-order valence-electron chi connectivity index (χ2n) is 4.93. The number of hydrogen-bond acceptors (Lipinski definition) is 5. The third-order valence-electron chi connectivity index (χ3n) is 3.19. The van der Waals surface area contributed by atoms with Crippen LogP contribution < -0.4 is 5.32 Å². The Morgan fingerprint density at radius 3 is 2.56 bits per heavy atom. The minimum atomic E-state index is -0.200. The van der Waals surface area contributed by atoms with Crippen LogP contribution in [0, 0.1) is 0 Å². The Hall–Kier alpha value is -2.15. The fourth-order valence-electron chi connectivity index (χ4n) is 2.00. The molecule has 0 atom stereocenters. The highest BCUT2D eigenvalue weighted by Crippen LogP contribution is 2.29. The van der Waals surface area contributed by atoms with Gasteiger partial charge in [-0.1, -0.05) is 41.0 Å². The van der Waals surface area contributed by atoms with E-state index in [0.717, 1.165) is 11.3 Å². The van der Waals surface area contributed by atoms with Gasteiger partial charge in [-0.05, 0) is 36.4 Å². The quantitative estimate of drug-likeness (QED) is 0.645. The highest BCUT2D eigenvalue weighted by molar-refractivity contribution is 7.99. The third-order valence-corrected chi connectivity index (χ3v) is 4.93. The van der Waals surface area contributed by atoms with Crippen LogP contribution in [-0.4, -0.2) is 26.8 Å². The van der Waals surface area contributed by atoms with E-state index in [1.807, 2.05) is 24.3 Å². The number of amides is 1. The summed E-state index contributed by atoms with van der Waals surface area (Å²) in [5.74, 6) is -0.0132. The summed E-state index contributed by atoms with van der Waals surface area (Å²) in [6.07, 6.45) is 3.40. The summed E-state index contributed by atoms with van der Waals surface area (Å²) in [5, 5.41) is 12.4. The van der Waals surface area contributed by atoms with E-state index in [9.17, 15) is 4.79 Å². The number of benzene rings is 1. The molecule has 0 unspecified atom stereocenters. The molecule has 3 rings (SSSR count). The van der Waals surface area contributed by atoms with Crippen molar-refractivity contribution in [1.29, 1.82) is 0 Å². The van der Waals surface area contributed by atoms with E-state index in [-0.39, 0.29) is 11.7 Å². The first-order valence-electron chi connectivity index (χ1n) is 7.24. The van der Waals surface area contributed by atoms with Gasteiger partial charge in [0.15, 0.2) is 0 Å². The molecular formula is C17H12Cl2N4OS. The number of nitrogens with one attached hydrogen (secondary N) is 1. The number of carbonyl (C=O) groups is 1. The number of carbonyl (C=O) groups excluding carboxylic acids is 1. The van der Waals surface area contributed by atoms with Gasteiger partial charge in [0.25, 0.3) is 0 Å². The molecule has 25 heavy (non-hydrogen) atoms. The SMILES string of the molecule is O=C(CSc1ccc(-c2ccncc2)nn1)Nc1cccc(Cl)c1Cl. The number of anilines is 1. The second-order valence-corrected chi connectivity index (χ2v) is 6.71. The van der Waals surface area contributed by atoms with Crippen molar-refractivity contribution in [2.24, 2.45) is 0 Å². The molecule has 0 aliphatic rings. The van der Waals surface area contributed by atoms with Gasteiger partial charge in [0.1, 0.15) is 5.03 Å². The van der Waals surface area contributed by atoms with Gasteiger partial charge in [-0.15, -0.1) is 10.2 Å². The van der Waals surface area contributed by atoms with Crippen molar-refractivity contribution in [2.45, 2.75) is 5.03 Å². The Morgan fingerprint density at radius 1 is 1.04 bits per heavy atom. The lowest BCUT2D eigenvalue weighted by Gasteiger charge is -2.07. The van der Waals surface area contributed by atoms with Crippen molar-refractivity contribution in [1.82, 2.24) is 15.2 Å². The number of aromatic nitrogens is 3. The second kappa shape index (κ2) is 8.29. The molecule has 126 valence electrons. The van der Waals surface area contributed by atoms with Gasteiger partial charge in [-0.2, -0.15) is 0 Å². The van der Waals surface area contributed by atoms with Crippen LogP contribution in [0.3, 0.4) is 0 Å². The smallest absolute Gasteiger partial charge is 0.234 e. The molecule has 0 spiro atoms. The lowest BCUT2D eigenvalue weighted by atomic mass is 10.2. The van der Waals surface area contributed by atoms with Crippen molar-refractivity contribution in [3.63, 3.8) is 0 Å². The summed E-state index contributed by atoms with van der Waals surface area (Å²) in [6, 6.07) is 12.5. The molecule has 3 aromatic rings. The first kappa shape index (κ1) is 17.7. The van der Waals surface area contributed by atoms with Crippen LogP contribution >= 0.6 is 35.0 Å². The molecule has 0 saturated heterocycles. The molecule has 1 N–H and O–H groups in total. The summed E-state index contributed by atoms with van der Waals surface area (Å²) < 4.78 is 0. The van der Waals surface area contributed by atoms with E-state index in [4.69, 9.17) is 23.2 Å². The monoisotopic (exact) mass is 390 g/mol. The van der Waals surface area contributed by atoms with Gasteiger partial charge >= 0.3 is 0 Å². The minimum absolute atomic E-state index is 0.187. The third kappa shape index (κ3) is 4.69. The van der Waals surface area contributed by atoms with Crippen LogP contribution in [0.4, 0.5) is 5.69 Å². The Balaban J connectivity index is 1.58. The van der Waals surface area contributed by atoms with Gasteiger partial charge in [-0.3, -0.25) is 9.78 Å². The largest absolute Gasteiger partial charge is 0.324 e. The molecule has 5 nitrogen and oxygen atoms in total. The first-order chi connectivity index (χ1) is 12.1. The molecule has 0 bridgehead atoms. The molecule has 0 fully saturated rings. The Kier molecular flexibility index (Phi) is 5.86. The fraction of sp³-hybridized carbons (Fsp3) is 0.0588. The minimum Gasteiger partial charge on any atom is -0.324 e. The summed E-state index contributed by atoms with van der Waals surface area (Å²) in [5.41, 5.74) is 2.17. The molecule has 0 saturated carbocycles. The maximum Gasteiger partial charge on any atom is 0.234 e. The average molecular weight is 391 g/mol. The Morgan fingerprint density at radius 2 is 1.84 bits per heavy atom. The van der Waals surface area contributed by atoms with Crippen molar-refractivity contribution in [3.8, 4) is 11.3 Å². The highest BCUT2D eigenvalue weighted by Gasteiger charge is 2.09. The number of hydrogen-bond donors (Lipinski definition) is 1. The fourth-order valence-corrected chi connectivity index (χ4v) is 2.96. The summed E-state index contributed by atoms with van der Waals surface area (Å²) in [4.78, 5) is 16.0. The van der Waals surface area contributed by atoms with Crippen molar-refractivity contribution in [3.05, 3.63) is 64.9 Å². The van der Waals surface area contributed by atoms with E-state index < -0.39 is 0 Å². The predicted molar refractivity (Wildman–Crippen MR) is 101 cm³/mol. The zero-order chi connectivity index (χ0) is 17.6. The van der Waals surface area contributed by atoms with Gasteiger partial charge in [-0.25, -0.2) is 0 Å².